The van der Waals surface area contributed by atoms with E-state index in [0.717, 1.165) is 25.2 Å². The highest BCUT2D eigenvalue weighted by molar-refractivity contribution is 5.23. The molecule has 4 heteroatoms. The molecule has 14 heavy (non-hydrogen) atoms. The Kier molecular flexibility index (Phi) is 2.48. The second-order valence-corrected chi connectivity index (χ2v) is 3.61. The summed E-state index contributed by atoms with van der Waals surface area (Å²) in [5, 5.41) is 3.05. The normalized spacial score (nSPS) is 19.1. The summed E-state index contributed by atoms with van der Waals surface area (Å²) in [6.45, 7) is 1.55. The van der Waals surface area contributed by atoms with Gasteiger partial charge in [0.15, 0.2) is 0 Å². The van der Waals surface area contributed by atoms with Crippen molar-refractivity contribution in [2.75, 3.05) is 13.1 Å². The number of benzene rings is 1. The Balaban J connectivity index is 2.24. The first-order chi connectivity index (χ1) is 6.68. The highest BCUT2D eigenvalue weighted by Crippen LogP contribution is 2.25. The number of rotatable bonds is 2. The molecule has 76 valence electrons. The van der Waals surface area contributed by atoms with Crippen molar-refractivity contribution in [2.45, 2.75) is 6.04 Å². The first-order valence-electron chi connectivity index (χ1n) is 4.59. The molecule has 1 aromatic carbocycles. The Morgan fingerprint density at radius 3 is 2.64 bits per heavy atom. The summed E-state index contributed by atoms with van der Waals surface area (Å²) in [6.07, 6.45) is 0. The predicted octanol–water partition coefficient (Wildman–Crippen LogP) is 1.18. The minimum absolute atomic E-state index is 0.214. The van der Waals surface area contributed by atoms with Gasteiger partial charge < -0.3 is 11.1 Å². The van der Waals surface area contributed by atoms with Gasteiger partial charge in [-0.2, -0.15) is 0 Å². The molecule has 0 saturated carbocycles. The monoisotopic (exact) mass is 198 g/mol. The fourth-order valence-corrected chi connectivity index (χ4v) is 1.59. The van der Waals surface area contributed by atoms with Gasteiger partial charge in [0.1, 0.15) is 11.6 Å². The fourth-order valence-electron chi connectivity index (χ4n) is 1.59. The van der Waals surface area contributed by atoms with Crippen molar-refractivity contribution in [3.63, 3.8) is 0 Å². The van der Waals surface area contributed by atoms with Crippen molar-refractivity contribution >= 4 is 0 Å². The molecular weight excluding hydrogens is 186 g/mol. The lowest BCUT2D eigenvalue weighted by atomic mass is 9.89. The van der Waals surface area contributed by atoms with Crippen molar-refractivity contribution in [2.24, 2.45) is 11.7 Å². The lowest BCUT2D eigenvalue weighted by Crippen LogP contribution is -2.47. The van der Waals surface area contributed by atoms with E-state index in [0.29, 0.717) is 0 Å². The van der Waals surface area contributed by atoms with Crippen molar-refractivity contribution in [1.82, 2.24) is 5.32 Å². The molecule has 1 aromatic rings. The second-order valence-electron chi connectivity index (χ2n) is 3.61. The zero-order chi connectivity index (χ0) is 10.1. The molecule has 1 atom stereocenters. The predicted molar refractivity (Wildman–Crippen MR) is 49.6 cm³/mol. The minimum atomic E-state index is -0.441. The van der Waals surface area contributed by atoms with Gasteiger partial charge in [-0.05, 0) is 18.2 Å². The van der Waals surface area contributed by atoms with E-state index < -0.39 is 17.7 Å². The largest absolute Gasteiger partial charge is 0.324 e. The molecule has 1 heterocycles. The molecule has 0 spiro atoms. The summed E-state index contributed by atoms with van der Waals surface area (Å²) in [6, 6.07) is 2.99. The van der Waals surface area contributed by atoms with E-state index in [2.05, 4.69) is 5.32 Å². The summed E-state index contributed by atoms with van der Waals surface area (Å²) in [5.74, 6) is -0.652. The maximum Gasteiger partial charge on any atom is 0.128 e. The molecule has 2 nitrogen and oxygen atoms in total. The smallest absolute Gasteiger partial charge is 0.128 e. The summed E-state index contributed by atoms with van der Waals surface area (Å²) in [5.41, 5.74) is 6.10. The molecule has 1 aliphatic heterocycles. The average molecular weight is 198 g/mol. The van der Waals surface area contributed by atoms with Gasteiger partial charge in [-0.1, -0.05) is 0 Å². The van der Waals surface area contributed by atoms with Crippen LogP contribution in [-0.2, 0) is 0 Å². The second kappa shape index (κ2) is 3.63. The standard InChI is InChI=1S/C10H12F2N2/c11-7-1-2-9(12)8(3-7)10(13)6-4-14-5-6/h1-3,6,10,14H,4-5,13H2. The molecule has 0 amide bonds. The van der Waals surface area contributed by atoms with E-state index in [9.17, 15) is 8.78 Å². The summed E-state index contributed by atoms with van der Waals surface area (Å²) < 4.78 is 26.1. The Morgan fingerprint density at radius 2 is 2.07 bits per heavy atom. The maximum absolute atomic E-state index is 13.3. The van der Waals surface area contributed by atoms with Crippen molar-refractivity contribution in [3.8, 4) is 0 Å². The number of halogens is 2. The Morgan fingerprint density at radius 1 is 1.36 bits per heavy atom. The minimum Gasteiger partial charge on any atom is -0.324 e. The van der Waals surface area contributed by atoms with E-state index >= 15 is 0 Å². The van der Waals surface area contributed by atoms with Crippen LogP contribution in [0.1, 0.15) is 11.6 Å². The Hall–Kier alpha value is -1.00. The van der Waals surface area contributed by atoms with Crippen LogP contribution in [0.4, 0.5) is 8.78 Å². The third-order valence-electron chi connectivity index (χ3n) is 2.64. The average Bonchev–Trinajstić information content (AvgIpc) is 2.06. The fraction of sp³-hybridized carbons (Fsp3) is 0.400. The summed E-state index contributed by atoms with van der Waals surface area (Å²) >= 11 is 0. The lowest BCUT2D eigenvalue weighted by Gasteiger charge is -2.32. The highest BCUT2D eigenvalue weighted by atomic mass is 19.1. The number of hydrogen-bond acceptors (Lipinski definition) is 2. The Labute approximate surface area is 81.1 Å². The Bertz CT molecular complexity index is 337. The molecule has 2 rings (SSSR count). The van der Waals surface area contributed by atoms with Crippen LogP contribution >= 0.6 is 0 Å². The van der Waals surface area contributed by atoms with Gasteiger partial charge in [0.2, 0.25) is 0 Å². The third kappa shape index (κ3) is 1.63. The molecule has 1 unspecified atom stereocenters. The van der Waals surface area contributed by atoms with Crippen LogP contribution < -0.4 is 11.1 Å². The van der Waals surface area contributed by atoms with Gasteiger partial charge in [-0.15, -0.1) is 0 Å². The van der Waals surface area contributed by atoms with E-state index in [1.807, 2.05) is 0 Å². The summed E-state index contributed by atoms with van der Waals surface area (Å²) in [4.78, 5) is 0. The molecular formula is C10H12F2N2. The summed E-state index contributed by atoms with van der Waals surface area (Å²) in [7, 11) is 0. The van der Waals surface area contributed by atoms with Crippen LogP contribution in [-0.4, -0.2) is 13.1 Å². The van der Waals surface area contributed by atoms with Crippen LogP contribution in [0.3, 0.4) is 0 Å². The first-order valence-corrected chi connectivity index (χ1v) is 4.59. The molecule has 3 N–H and O–H groups in total. The van der Waals surface area contributed by atoms with Gasteiger partial charge in [0.25, 0.3) is 0 Å². The first kappa shape index (κ1) is 9.55. The van der Waals surface area contributed by atoms with Crippen molar-refractivity contribution in [3.05, 3.63) is 35.4 Å². The maximum atomic E-state index is 13.3. The van der Waals surface area contributed by atoms with Crippen LogP contribution in [0, 0.1) is 17.6 Å². The molecule has 0 bridgehead atoms. The van der Waals surface area contributed by atoms with Crippen LogP contribution in [0.25, 0.3) is 0 Å². The SMILES string of the molecule is NC(c1cc(F)ccc1F)C1CNC1. The number of hydrogen-bond donors (Lipinski definition) is 2. The molecule has 1 fully saturated rings. The van der Waals surface area contributed by atoms with Crippen molar-refractivity contribution in [1.29, 1.82) is 0 Å². The van der Waals surface area contributed by atoms with E-state index in [1.54, 1.807) is 0 Å². The zero-order valence-electron chi connectivity index (χ0n) is 7.63. The third-order valence-corrected chi connectivity index (χ3v) is 2.64. The van der Waals surface area contributed by atoms with Crippen LogP contribution in [0.5, 0.6) is 0 Å². The van der Waals surface area contributed by atoms with Gasteiger partial charge in [0.05, 0.1) is 0 Å². The van der Waals surface area contributed by atoms with Crippen LogP contribution in [0.2, 0.25) is 0 Å². The molecule has 0 aromatic heterocycles. The van der Waals surface area contributed by atoms with E-state index in [1.165, 1.54) is 6.07 Å². The van der Waals surface area contributed by atoms with Crippen LogP contribution in [0.15, 0.2) is 18.2 Å². The van der Waals surface area contributed by atoms with Crippen molar-refractivity contribution < 1.29 is 8.78 Å². The topological polar surface area (TPSA) is 38.0 Å². The van der Waals surface area contributed by atoms with E-state index in [4.69, 9.17) is 5.73 Å². The highest BCUT2D eigenvalue weighted by Gasteiger charge is 2.27. The van der Waals surface area contributed by atoms with Gasteiger partial charge >= 0.3 is 0 Å². The molecule has 1 aliphatic rings. The van der Waals surface area contributed by atoms with Gasteiger partial charge in [-0.25, -0.2) is 8.78 Å². The number of nitrogens with two attached hydrogens (primary N) is 1. The lowest BCUT2D eigenvalue weighted by molar-refractivity contribution is 0.290. The van der Waals surface area contributed by atoms with E-state index in [-0.39, 0.29) is 11.5 Å². The van der Waals surface area contributed by atoms with Gasteiger partial charge in [-0.3, -0.25) is 0 Å². The molecule has 1 saturated heterocycles. The zero-order valence-corrected chi connectivity index (χ0v) is 7.63. The van der Waals surface area contributed by atoms with Gasteiger partial charge in [0, 0.05) is 30.6 Å². The number of nitrogens with one attached hydrogen (secondary N) is 1. The molecule has 0 radical (unpaired) electrons. The molecule has 0 aliphatic carbocycles. The quantitative estimate of drug-likeness (QED) is 0.749.